The first kappa shape index (κ1) is 28.1. The minimum absolute atomic E-state index is 0.0418. The maximum atomic E-state index is 13.1. The molecular formula is C29H27ClN3NaO4. The van der Waals surface area contributed by atoms with Gasteiger partial charge in [-0.15, -0.1) is 0 Å². The van der Waals surface area contributed by atoms with Gasteiger partial charge in [-0.25, -0.2) is 5.01 Å². The Morgan fingerprint density at radius 1 is 1.08 bits per heavy atom. The first-order valence-electron chi connectivity index (χ1n) is 12.4. The minimum Gasteiger partial charge on any atom is -0.294 e. The molecule has 7 nitrogen and oxygen atoms in total. The zero-order valence-electron chi connectivity index (χ0n) is 21.6. The van der Waals surface area contributed by atoms with Gasteiger partial charge in [0.05, 0.1) is 5.69 Å². The van der Waals surface area contributed by atoms with Crippen LogP contribution >= 0.6 is 11.6 Å². The number of ketones is 1. The molecule has 1 unspecified atom stereocenters. The zero-order valence-corrected chi connectivity index (χ0v) is 24.4. The number of nitrogens with one attached hydrogen (secondary N) is 1. The number of rotatable bonds is 9. The zero-order chi connectivity index (χ0) is 27.2. The van der Waals surface area contributed by atoms with E-state index in [1.807, 2.05) is 48.5 Å². The van der Waals surface area contributed by atoms with Crippen molar-refractivity contribution in [3.63, 3.8) is 0 Å². The van der Waals surface area contributed by atoms with E-state index in [0.29, 0.717) is 34.8 Å². The third kappa shape index (κ3) is 6.37. The van der Waals surface area contributed by atoms with Gasteiger partial charge in [-0.1, -0.05) is 11.6 Å². The predicted octanol–water partition coefficient (Wildman–Crippen LogP) is 5.08. The number of hydrogen-bond donors (Lipinski definition) is 1. The SMILES string of the molecule is COC1C=CC(=O)N(c2ccc(CCC(=O)Nc3ccccc3[CH2][Na])cc2)N1c1cc(Cl)ccc1C(C)=O. The number of carbonyl (C=O) groups excluding carboxylic acids is 3. The molecule has 0 radical (unpaired) electrons. The van der Waals surface area contributed by atoms with Gasteiger partial charge in [-0.3, -0.25) is 9.59 Å². The molecule has 0 saturated carbocycles. The van der Waals surface area contributed by atoms with E-state index in [9.17, 15) is 14.4 Å². The van der Waals surface area contributed by atoms with Gasteiger partial charge in [-0.2, -0.15) is 0 Å². The second kappa shape index (κ2) is 12.7. The van der Waals surface area contributed by atoms with Gasteiger partial charge in [0.2, 0.25) is 0 Å². The van der Waals surface area contributed by atoms with Crippen LogP contribution in [0.1, 0.15) is 34.8 Å². The molecule has 3 aromatic rings. The number of nitrogens with zero attached hydrogens (tertiary/aromatic N) is 2. The van der Waals surface area contributed by atoms with Crippen LogP contribution in [0.4, 0.5) is 17.1 Å². The molecule has 1 aliphatic heterocycles. The molecule has 1 heterocycles. The van der Waals surface area contributed by atoms with E-state index >= 15 is 0 Å². The number of ether oxygens (including phenoxy) is 1. The van der Waals surface area contributed by atoms with Gasteiger partial charge in [0.15, 0.2) is 12.0 Å². The fourth-order valence-electron chi connectivity index (χ4n) is 4.43. The number of Topliss-reactive ketones (excluding diaryl/α,β-unsaturated/α-hetero) is 1. The molecule has 0 aromatic heterocycles. The number of benzene rings is 3. The molecular weight excluding hydrogens is 513 g/mol. The largest absolute Gasteiger partial charge is 0.294 e. The van der Waals surface area contributed by atoms with Crippen LogP contribution in [-0.4, -0.2) is 58.9 Å². The van der Waals surface area contributed by atoms with Gasteiger partial charge in [-0.05, 0) is 31.2 Å². The average molecular weight is 540 g/mol. The maximum absolute atomic E-state index is 13.1. The van der Waals surface area contributed by atoms with Crippen molar-refractivity contribution in [2.24, 2.45) is 0 Å². The molecule has 190 valence electrons. The molecule has 0 saturated heterocycles. The molecule has 1 N–H and O–H groups in total. The first-order chi connectivity index (χ1) is 18.3. The smallest absolute Gasteiger partial charge is 0.161 e. The van der Waals surface area contributed by atoms with Crippen LogP contribution in [0.15, 0.2) is 78.9 Å². The fourth-order valence-corrected chi connectivity index (χ4v) is 5.21. The molecule has 9 heteroatoms. The monoisotopic (exact) mass is 539 g/mol. The van der Waals surface area contributed by atoms with E-state index in [2.05, 4.69) is 5.32 Å². The second-order valence-corrected chi connectivity index (χ2v) is 10.1. The van der Waals surface area contributed by atoms with E-state index in [0.717, 1.165) is 48.4 Å². The first-order valence-corrected chi connectivity index (χ1v) is 14.2. The van der Waals surface area contributed by atoms with Gasteiger partial charge in [0, 0.05) is 23.8 Å². The van der Waals surface area contributed by atoms with Gasteiger partial charge >= 0.3 is 137 Å². The number of hydrazine groups is 1. The summed E-state index contributed by atoms with van der Waals surface area (Å²) >= 11 is 7.31. The molecule has 4 rings (SSSR count). The van der Waals surface area contributed by atoms with E-state index in [-0.39, 0.29) is 17.6 Å². The molecule has 3 aromatic carbocycles. The normalized spacial score (nSPS) is 15.1. The van der Waals surface area contributed by atoms with Crippen molar-refractivity contribution in [3.8, 4) is 0 Å². The topological polar surface area (TPSA) is 79.0 Å². The van der Waals surface area contributed by atoms with Crippen LogP contribution in [0.5, 0.6) is 0 Å². The predicted molar refractivity (Wildman–Crippen MR) is 151 cm³/mol. The number of hydrogen-bond acceptors (Lipinski definition) is 5. The Morgan fingerprint density at radius 3 is 2.50 bits per heavy atom. The van der Waals surface area contributed by atoms with Crippen LogP contribution in [0.3, 0.4) is 0 Å². The summed E-state index contributed by atoms with van der Waals surface area (Å²) in [6, 6.07) is 20.2. The number of methoxy groups -OCH3 is 1. The summed E-state index contributed by atoms with van der Waals surface area (Å²) in [5.74, 6) is -0.497. The summed E-state index contributed by atoms with van der Waals surface area (Å²) in [6.45, 7) is 1.47. The Bertz CT molecular complexity index is 1380. The Morgan fingerprint density at radius 2 is 1.82 bits per heavy atom. The number of halogens is 1. The Hall–Kier alpha value is -2.94. The van der Waals surface area contributed by atoms with E-state index in [1.54, 1.807) is 29.3 Å². The van der Waals surface area contributed by atoms with Crippen molar-refractivity contribution in [3.05, 3.63) is 101 Å². The van der Waals surface area contributed by atoms with E-state index in [1.165, 1.54) is 25.1 Å². The summed E-state index contributed by atoms with van der Waals surface area (Å²) in [6.07, 6.45) is 3.33. The summed E-state index contributed by atoms with van der Waals surface area (Å²) in [4.78, 5) is 38.1. The molecule has 0 spiro atoms. The van der Waals surface area contributed by atoms with Gasteiger partial charge in [0.1, 0.15) is 0 Å². The summed E-state index contributed by atoms with van der Waals surface area (Å²) in [5, 5.41) is 6.54. The van der Waals surface area contributed by atoms with E-state index < -0.39 is 6.23 Å². The third-order valence-corrected chi connectivity index (χ3v) is 7.39. The molecule has 1 atom stereocenters. The maximum Gasteiger partial charge on any atom is 0.161 e. The Balaban J connectivity index is 1.55. The number of para-hydroxylation sites is 1. The number of amides is 2. The molecule has 2 amide bonds. The van der Waals surface area contributed by atoms with Crippen molar-refractivity contribution in [1.82, 2.24) is 0 Å². The quantitative estimate of drug-likeness (QED) is 0.303. The van der Waals surface area contributed by atoms with Crippen molar-refractivity contribution < 1.29 is 19.1 Å². The Kier molecular flexibility index (Phi) is 9.41. The van der Waals surface area contributed by atoms with Crippen molar-refractivity contribution in [2.45, 2.75) is 29.7 Å². The van der Waals surface area contributed by atoms with Crippen LogP contribution in [0.25, 0.3) is 0 Å². The molecule has 1 aliphatic rings. The molecule has 0 fully saturated rings. The van der Waals surface area contributed by atoms with Crippen LogP contribution < -0.4 is 15.3 Å². The average Bonchev–Trinajstić information content (AvgIpc) is 2.92. The number of aryl methyl sites for hydroxylation is 1. The number of carbonyl (C=O) groups is 3. The standard InChI is InChI=1S/C29H27ClN3O4.Na/c1-19-6-4-5-7-25(19)31-27(35)15-10-21-8-12-23(13-9-21)32-28(36)16-17-29(37-3)33(32)26-18-22(30)11-14-24(26)20(2)34;/h4-9,11-14,16-18,29H,1,10,15H2,2-3H3,(H,31,35);. The van der Waals surface area contributed by atoms with Crippen molar-refractivity contribution in [1.29, 1.82) is 0 Å². The summed E-state index contributed by atoms with van der Waals surface area (Å²) in [5.41, 5.74) is 4.46. The van der Waals surface area contributed by atoms with Crippen molar-refractivity contribution in [2.75, 3.05) is 22.4 Å². The Labute approximate surface area is 244 Å². The van der Waals surface area contributed by atoms with Gasteiger partial charge < -0.3 is 4.74 Å². The molecule has 0 bridgehead atoms. The van der Waals surface area contributed by atoms with E-state index in [4.69, 9.17) is 16.3 Å². The van der Waals surface area contributed by atoms with Crippen LogP contribution in [0.2, 0.25) is 5.02 Å². The molecule has 0 aliphatic carbocycles. The number of anilines is 3. The third-order valence-electron chi connectivity index (χ3n) is 6.39. The van der Waals surface area contributed by atoms with Crippen molar-refractivity contribution >= 4 is 74.2 Å². The second-order valence-electron chi connectivity index (χ2n) is 8.92. The van der Waals surface area contributed by atoms with Crippen LogP contribution in [-0.2, 0) is 24.4 Å². The fraction of sp³-hybridized carbons (Fsp3) is 0.207. The summed E-state index contributed by atoms with van der Waals surface area (Å²) in [7, 11) is 1.53. The minimum atomic E-state index is -0.638. The molecule has 38 heavy (non-hydrogen) atoms. The van der Waals surface area contributed by atoms with Gasteiger partial charge in [0.25, 0.3) is 5.91 Å². The van der Waals surface area contributed by atoms with Crippen LogP contribution in [0, 0.1) is 0 Å². The summed E-state index contributed by atoms with van der Waals surface area (Å²) < 4.78 is 6.61.